The maximum atomic E-state index is 12.4. The summed E-state index contributed by atoms with van der Waals surface area (Å²) in [5, 5.41) is 0. The van der Waals surface area contributed by atoms with E-state index in [9.17, 15) is 4.79 Å². The van der Waals surface area contributed by atoms with Crippen LogP contribution in [0.3, 0.4) is 0 Å². The lowest BCUT2D eigenvalue weighted by Crippen LogP contribution is -2.64. The molecular formula is C23H37NO2. The van der Waals surface area contributed by atoms with E-state index in [4.69, 9.17) is 4.74 Å². The summed E-state index contributed by atoms with van der Waals surface area (Å²) in [7, 11) is 2.07. The molecule has 146 valence electrons. The SMILES string of the molecule is C[C@H]1CC2N(C)C(=O)CC[C@]2(C)[C@H]2CC[C@@]3(C)[C@@H](CC[C@@]34CCCO4)[C@H]12. The Kier molecular flexibility index (Phi) is 3.70. The van der Waals surface area contributed by atoms with Gasteiger partial charge in [-0.1, -0.05) is 20.8 Å². The van der Waals surface area contributed by atoms with Crippen LogP contribution in [0.15, 0.2) is 0 Å². The van der Waals surface area contributed by atoms with Crippen molar-refractivity contribution in [1.29, 1.82) is 0 Å². The van der Waals surface area contributed by atoms with Gasteiger partial charge in [-0.25, -0.2) is 0 Å². The highest BCUT2D eigenvalue weighted by Gasteiger charge is 2.67. The minimum Gasteiger partial charge on any atom is -0.374 e. The Hall–Kier alpha value is -0.570. The van der Waals surface area contributed by atoms with Crippen molar-refractivity contribution >= 4 is 5.91 Å². The normalized spacial score (nSPS) is 56.4. The van der Waals surface area contributed by atoms with Crippen molar-refractivity contribution in [2.75, 3.05) is 13.7 Å². The highest BCUT2D eigenvalue weighted by atomic mass is 16.5. The van der Waals surface area contributed by atoms with Gasteiger partial charge >= 0.3 is 0 Å². The summed E-state index contributed by atoms with van der Waals surface area (Å²) in [6.07, 6.45) is 11.0. The Labute approximate surface area is 159 Å². The molecule has 0 aromatic heterocycles. The van der Waals surface area contributed by atoms with Gasteiger partial charge in [0.1, 0.15) is 0 Å². The van der Waals surface area contributed by atoms with E-state index in [1.54, 1.807) is 0 Å². The predicted octanol–water partition coefficient (Wildman–Crippen LogP) is 4.65. The van der Waals surface area contributed by atoms with Crippen molar-refractivity contribution in [3.05, 3.63) is 0 Å². The van der Waals surface area contributed by atoms with Gasteiger partial charge in [-0.3, -0.25) is 4.79 Å². The van der Waals surface area contributed by atoms with Gasteiger partial charge in [0.05, 0.1) is 5.60 Å². The molecule has 3 saturated carbocycles. The van der Waals surface area contributed by atoms with E-state index >= 15 is 0 Å². The van der Waals surface area contributed by atoms with Gasteiger partial charge in [-0.2, -0.15) is 0 Å². The zero-order valence-electron chi connectivity index (χ0n) is 17.2. The minimum absolute atomic E-state index is 0.194. The van der Waals surface area contributed by atoms with E-state index in [0.717, 1.165) is 43.1 Å². The number of carbonyl (C=O) groups is 1. The molecule has 26 heavy (non-hydrogen) atoms. The number of ether oxygens (including phenoxy) is 1. The zero-order chi connectivity index (χ0) is 18.3. The average molecular weight is 360 g/mol. The molecule has 5 aliphatic rings. The highest BCUT2D eigenvalue weighted by Crippen LogP contribution is 2.70. The second-order valence-electron chi connectivity index (χ2n) is 11.0. The Balaban J connectivity index is 1.51. The van der Waals surface area contributed by atoms with Crippen LogP contribution in [0.1, 0.15) is 78.6 Å². The molecule has 1 amide bonds. The van der Waals surface area contributed by atoms with Crippen molar-refractivity contribution in [3.63, 3.8) is 0 Å². The second kappa shape index (κ2) is 5.49. The van der Waals surface area contributed by atoms with Crippen LogP contribution in [0, 0.1) is 34.5 Å². The topological polar surface area (TPSA) is 29.5 Å². The van der Waals surface area contributed by atoms with Crippen LogP contribution in [0.2, 0.25) is 0 Å². The third-order valence-electron chi connectivity index (χ3n) is 10.3. The molecule has 1 spiro atoms. The largest absolute Gasteiger partial charge is 0.374 e. The van der Waals surface area contributed by atoms with Crippen molar-refractivity contribution in [1.82, 2.24) is 4.90 Å². The molecule has 3 nitrogen and oxygen atoms in total. The molecule has 0 aromatic rings. The molecule has 5 rings (SSSR count). The summed E-state index contributed by atoms with van der Waals surface area (Å²) >= 11 is 0. The van der Waals surface area contributed by atoms with Crippen LogP contribution in [0.5, 0.6) is 0 Å². The Morgan fingerprint density at radius 2 is 1.85 bits per heavy atom. The van der Waals surface area contributed by atoms with E-state index in [-0.39, 0.29) is 5.60 Å². The Morgan fingerprint density at radius 3 is 2.58 bits per heavy atom. The van der Waals surface area contributed by atoms with E-state index < -0.39 is 0 Å². The predicted molar refractivity (Wildman–Crippen MR) is 103 cm³/mol. The molecule has 8 atom stereocenters. The van der Waals surface area contributed by atoms with Crippen molar-refractivity contribution in [2.45, 2.75) is 90.2 Å². The zero-order valence-corrected chi connectivity index (χ0v) is 17.2. The monoisotopic (exact) mass is 359 g/mol. The van der Waals surface area contributed by atoms with Gasteiger partial charge in [-0.15, -0.1) is 0 Å². The van der Waals surface area contributed by atoms with E-state index in [2.05, 4.69) is 32.7 Å². The van der Waals surface area contributed by atoms with Gasteiger partial charge in [0.2, 0.25) is 5.91 Å². The summed E-state index contributed by atoms with van der Waals surface area (Å²) < 4.78 is 6.50. The first kappa shape index (κ1) is 17.5. The summed E-state index contributed by atoms with van der Waals surface area (Å²) in [4.78, 5) is 14.5. The van der Waals surface area contributed by atoms with Crippen molar-refractivity contribution in [3.8, 4) is 0 Å². The highest BCUT2D eigenvalue weighted by molar-refractivity contribution is 5.77. The number of hydrogen-bond acceptors (Lipinski definition) is 2. The molecule has 3 heteroatoms. The van der Waals surface area contributed by atoms with Crippen LogP contribution in [-0.4, -0.2) is 36.1 Å². The van der Waals surface area contributed by atoms with Gasteiger partial charge in [0, 0.05) is 26.1 Å². The number of nitrogens with zero attached hydrogens (tertiary/aromatic N) is 1. The maximum Gasteiger partial charge on any atom is 0.222 e. The lowest BCUT2D eigenvalue weighted by atomic mass is 9.44. The van der Waals surface area contributed by atoms with Gasteiger partial charge in [-0.05, 0) is 85.9 Å². The third-order valence-corrected chi connectivity index (χ3v) is 10.3. The molecule has 5 fully saturated rings. The molecule has 0 radical (unpaired) electrons. The average Bonchev–Trinajstić information content (AvgIpc) is 3.21. The van der Waals surface area contributed by atoms with Crippen molar-refractivity contribution in [2.24, 2.45) is 34.5 Å². The molecule has 1 unspecified atom stereocenters. The molecule has 2 aliphatic heterocycles. The van der Waals surface area contributed by atoms with E-state index in [0.29, 0.717) is 22.8 Å². The molecular weight excluding hydrogens is 322 g/mol. The second-order valence-corrected chi connectivity index (χ2v) is 11.0. The van der Waals surface area contributed by atoms with Gasteiger partial charge in [0.15, 0.2) is 0 Å². The van der Waals surface area contributed by atoms with Crippen LogP contribution in [-0.2, 0) is 9.53 Å². The lowest BCUT2D eigenvalue weighted by molar-refractivity contribution is -0.181. The number of amides is 1. The first-order valence-corrected chi connectivity index (χ1v) is 11.2. The summed E-state index contributed by atoms with van der Waals surface area (Å²) in [5.41, 5.74) is 0.908. The molecule has 0 bridgehead atoms. The summed E-state index contributed by atoms with van der Waals surface area (Å²) in [6, 6.07) is 0.461. The lowest BCUT2D eigenvalue weighted by Gasteiger charge is -2.64. The fourth-order valence-electron chi connectivity index (χ4n) is 8.90. The molecule has 2 saturated heterocycles. The van der Waals surface area contributed by atoms with E-state index in [1.807, 2.05) is 0 Å². The maximum absolute atomic E-state index is 12.4. The van der Waals surface area contributed by atoms with Crippen LogP contribution in [0.4, 0.5) is 0 Å². The van der Waals surface area contributed by atoms with Crippen molar-refractivity contribution < 1.29 is 9.53 Å². The quantitative estimate of drug-likeness (QED) is 0.630. The smallest absolute Gasteiger partial charge is 0.222 e. The Bertz CT molecular complexity index is 611. The fourth-order valence-corrected chi connectivity index (χ4v) is 8.90. The number of piperidine rings is 1. The molecule has 0 aromatic carbocycles. The number of fused-ring (bicyclic) bond motifs is 6. The molecule has 3 aliphatic carbocycles. The number of carbonyl (C=O) groups excluding carboxylic acids is 1. The first-order valence-electron chi connectivity index (χ1n) is 11.2. The first-order chi connectivity index (χ1) is 12.3. The minimum atomic E-state index is 0.194. The van der Waals surface area contributed by atoms with Gasteiger partial charge in [0.25, 0.3) is 0 Å². The van der Waals surface area contributed by atoms with Crippen LogP contribution < -0.4 is 0 Å². The fraction of sp³-hybridized carbons (Fsp3) is 0.957. The van der Waals surface area contributed by atoms with Gasteiger partial charge < -0.3 is 9.64 Å². The summed E-state index contributed by atoms with van der Waals surface area (Å²) in [6.45, 7) is 8.60. The molecule has 0 N–H and O–H groups in total. The number of likely N-dealkylation sites (tertiary alicyclic amines) is 1. The van der Waals surface area contributed by atoms with Crippen LogP contribution >= 0.6 is 0 Å². The Morgan fingerprint density at radius 1 is 1.08 bits per heavy atom. The molecule has 2 heterocycles. The number of hydrogen-bond donors (Lipinski definition) is 0. The number of rotatable bonds is 0. The standard InChI is InChI=1S/C23H37NO2/c1-15-14-18-21(2,10-8-19(25)24(18)4)16-6-11-22(3)17(20(15)16)7-12-23(22)9-5-13-26-23/h15-18,20H,5-14H2,1-4H3/t15-,16-,17-,18?,20+,21+,22-,23-/m0/s1. The summed E-state index contributed by atoms with van der Waals surface area (Å²) in [5.74, 6) is 3.56. The third kappa shape index (κ3) is 1.97. The van der Waals surface area contributed by atoms with Crippen LogP contribution in [0.25, 0.3) is 0 Å². The van der Waals surface area contributed by atoms with E-state index in [1.165, 1.54) is 44.9 Å².